The fourth-order valence-electron chi connectivity index (χ4n) is 4.10. The van der Waals surface area contributed by atoms with Crippen molar-refractivity contribution < 1.29 is 9.53 Å². The topological polar surface area (TPSA) is 50.7 Å². The lowest BCUT2D eigenvalue weighted by Crippen LogP contribution is -2.42. The van der Waals surface area contributed by atoms with Gasteiger partial charge in [0.1, 0.15) is 11.5 Å². The van der Waals surface area contributed by atoms with Crippen molar-refractivity contribution in [2.24, 2.45) is 16.3 Å². The first kappa shape index (κ1) is 16.8. The Morgan fingerprint density at radius 3 is 2.54 bits per heavy atom. The van der Waals surface area contributed by atoms with Crippen LogP contribution < -0.4 is 10.1 Å². The number of methoxy groups -OCH3 is 1. The maximum absolute atomic E-state index is 13.1. The van der Waals surface area contributed by atoms with Crippen LogP contribution in [0.3, 0.4) is 0 Å². The molecular weight excluding hydrogens is 324 g/mol. The van der Waals surface area contributed by atoms with Crippen LogP contribution in [0.1, 0.15) is 38.3 Å². The van der Waals surface area contributed by atoms with Gasteiger partial charge in [0.2, 0.25) is 0 Å². The molecule has 26 heavy (non-hydrogen) atoms. The van der Waals surface area contributed by atoms with Gasteiger partial charge >= 0.3 is 0 Å². The molecule has 0 amide bonds. The lowest BCUT2D eigenvalue weighted by Gasteiger charge is -2.37. The Balaban J connectivity index is 1.83. The van der Waals surface area contributed by atoms with Crippen molar-refractivity contribution in [1.82, 2.24) is 0 Å². The third kappa shape index (κ3) is 3.00. The van der Waals surface area contributed by atoms with E-state index in [1.54, 1.807) is 7.11 Å². The summed E-state index contributed by atoms with van der Waals surface area (Å²) in [6, 6.07) is 15.9. The number of Topliss-reactive ketones (excluding diaryl/α,β-unsaturated/α-hetero) is 1. The third-order valence-corrected chi connectivity index (χ3v) is 5.31. The molecule has 0 bridgehead atoms. The highest BCUT2D eigenvalue weighted by Gasteiger charge is 2.43. The van der Waals surface area contributed by atoms with E-state index in [0.717, 1.165) is 34.8 Å². The third-order valence-electron chi connectivity index (χ3n) is 5.31. The number of para-hydroxylation sites is 2. The Morgan fingerprint density at radius 2 is 1.81 bits per heavy atom. The number of nitrogens with one attached hydrogen (secondary N) is 1. The molecule has 4 nitrogen and oxygen atoms in total. The molecule has 0 aromatic heterocycles. The summed E-state index contributed by atoms with van der Waals surface area (Å²) in [4.78, 5) is 18.0. The fraction of sp³-hybridized carbons (Fsp3) is 0.364. The molecule has 2 aliphatic rings. The molecule has 1 N–H and O–H groups in total. The minimum Gasteiger partial charge on any atom is -0.497 e. The van der Waals surface area contributed by atoms with E-state index in [-0.39, 0.29) is 23.2 Å². The normalized spacial score (nSPS) is 23.8. The smallest absolute Gasteiger partial charge is 0.144 e. The molecule has 2 atom stereocenters. The van der Waals surface area contributed by atoms with Crippen molar-refractivity contribution in [2.75, 3.05) is 12.4 Å². The van der Waals surface area contributed by atoms with E-state index < -0.39 is 0 Å². The van der Waals surface area contributed by atoms with E-state index in [1.807, 2.05) is 48.5 Å². The van der Waals surface area contributed by atoms with Crippen molar-refractivity contribution >= 4 is 22.9 Å². The number of hydrogen-bond donors (Lipinski definition) is 1. The molecule has 4 rings (SSSR count). The lowest BCUT2D eigenvalue weighted by molar-refractivity contribution is -0.124. The van der Waals surface area contributed by atoms with Gasteiger partial charge < -0.3 is 10.1 Å². The van der Waals surface area contributed by atoms with Gasteiger partial charge in [0.25, 0.3) is 0 Å². The number of rotatable bonds is 2. The lowest BCUT2D eigenvalue weighted by atomic mass is 9.68. The Kier molecular flexibility index (Phi) is 4.06. The van der Waals surface area contributed by atoms with Crippen molar-refractivity contribution in [3.63, 3.8) is 0 Å². The van der Waals surface area contributed by atoms with Gasteiger partial charge in [-0.3, -0.25) is 9.79 Å². The van der Waals surface area contributed by atoms with Crippen LogP contribution >= 0.6 is 0 Å². The predicted octanol–water partition coefficient (Wildman–Crippen LogP) is 4.94. The highest BCUT2D eigenvalue weighted by Crippen LogP contribution is 2.45. The number of carbonyl (C=O) groups excluding carboxylic acids is 1. The van der Waals surface area contributed by atoms with Crippen LogP contribution in [-0.2, 0) is 4.79 Å². The monoisotopic (exact) mass is 348 g/mol. The van der Waals surface area contributed by atoms with E-state index in [1.165, 1.54) is 0 Å². The second-order valence-electron chi connectivity index (χ2n) is 7.98. The van der Waals surface area contributed by atoms with Gasteiger partial charge in [-0.25, -0.2) is 0 Å². The molecule has 1 heterocycles. The number of nitrogens with zero attached hydrogens (tertiary/aromatic N) is 1. The van der Waals surface area contributed by atoms with Gasteiger partial charge in [0.15, 0.2) is 0 Å². The van der Waals surface area contributed by atoms with Gasteiger partial charge in [0.05, 0.1) is 30.4 Å². The van der Waals surface area contributed by atoms with Gasteiger partial charge in [-0.15, -0.1) is 0 Å². The molecule has 0 spiro atoms. The zero-order chi connectivity index (χ0) is 18.3. The zero-order valence-electron chi connectivity index (χ0n) is 15.5. The molecule has 0 radical (unpaired) electrons. The summed E-state index contributed by atoms with van der Waals surface area (Å²) in [5.41, 5.74) is 3.91. The van der Waals surface area contributed by atoms with Gasteiger partial charge in [-0.2, -0.15) is 0 Å². The molecule has 2 aromatic carbocycles. The summed E-state index contributed by atoms with van der Waals surface area (Å²) in [5.74, 6) is 0.845. The van der Waals surface area contributed by atoms with Crippen molar-refractivity contribution in [3.8, 4) is 5.75 Å². The predicted molar refractivity (Wildman–Crippen MR) is 104 cm³/mol. The largest absolute Gasteiger partial charge is 0.497 e. The minimum atomic E-state index is -0.233. The standard InChI is InChI=1S/C22H24N2O2/c1-22(2)12-18-20(19(25)13-22)21(14-8-10-15(26-3)11-9-14)24-17-7-5-4-6-16(17)23-18/h4-11,20-21,24H,12-13H2,1-3H3. The summed E-state index contributed by atoms with van der Waals surface area (Å²) < 4.78 is 5.28. The van der Waals surface area contributed by atoms with Gasteiger partial charge in [-0.1, -0.05) is 38.1 Å². The summed E-state index contributed by atoms with van der Waals surface area (Å²) in [7, 11) is 1.66. The van der Waals surface area contributed by atoms with Crippen LogP contribution in [0, 0.1) is 11.3 Å². The highest BCUT2D eigenvalue weighted by atomic mass is 16.5. The number of ether oxygens (including phenoxy) is 1. The molecule has 1 fully saturated rings. The number of hydrogen-bond acceptors (Lipinski definition) is 4. The van der Waals surface area contributed by atoms with Crippen molar-refractivity contribution in [3.05, 3.63) is 54.1 Å². The second kappa shape index (κ2) is 6.27. The van der Waals surface area contributed by atoms with Crippen LogP contribution in [0.4, 0.5) is 11.4 Å². The Morgan fingerprint density at radius 1 is 1.08 bits per heavy atom. The second-order valence-corrected chi connectivity index (χ2v) is 7.98. The van der Waals surface area contributed by atoms with Crippen LogP contribution in [0.5, 0.6) is 5.75 Å². The fourth-order valence-corrected chi connectivity index (χ4v) is 4.10. The number of anilines is 1. The molecule has 0 saturated heterocycles. The van der Waals surface area contributed by atoms with Gasteiger partial charge in [0, 0.05) is 12.1 Å². The maximum atomic E-state index is 13.1. The summed E-state index contributed by atoms with van der Waals surface area (Å²) in [6.07, 6.45) is 1.42. The van der Waals surface area contributed by atoms with E-state index in [2.05, 4.69) is 19.2 Å². The molecule has 2 unspecified atom stereocenters. The van der Waals surface area contributed by atoms with Gasteiger partial charge in [-0.05, 0) is 41.7 Å². The molecule has 1 aliphatic carbocycles. The van der Waals surface area contributed by atoms with Crippen LogP contribution in [-0.4, -0.2) is 18.6 Å². The Bertz CT molecular complexity index is 868. The average molecular weight is 348 g/mol. The van der Waals surface area contributed by atoms with Crippen LogP contribution in [0.2, 0.25) is 0 Å². The number of fused-ring (bicyclic) bond motifs is 2. The van der Waals surface area contributed by atoms with E-state index in [9.17, 15) is 4.79 Å². The number of aliphatic imine (C=N–C) groups is 1. The first-order valence-electron chi connectivity index (χ1n) is 9.06. The highest BCUT2D eigenvalue weighted by molar-refractivity contribution is 6.10. The molecule has 1 saturated carbocycles. The first-order valence-corrected chi connectivity index (χ1v) is 9.06. The summed E-state index contributed by atoms with van der Waals surface area (Å²) >= 11 is 0. The SMILES string of the molecule is COc1ccc(C2Nc3ccccc3N=C3CC(C)(C)CC(=O)C32)cc1. The van der Waals surface area contributed by atoms with E-state index in [0.29, 0.717) is 6.42 Å². The van der Waals surface area contributed by atoms with E-state index >= 15 is 0 Å². The molecule has 134 valence electrons. The summed E-state index contributed by atoms with van der Waals surface area (Å²) in [6.45, 7) is 4.30. The Hall–Kier alpha value is -2.62. The molecular formula is C22H24N2O2. The van der Waals surface area contributed by atoms with Crippen LogP contribution in [0.15, 0.2) is 53.5 Å². The quantitative estimate of drug-likeness (QED) is 0.836. The molecule has 1 aliphatic heterocycles. The minimum absolute atomic E-state index is 0.0455. The molecule has 2 aromatic rings. The zero-order valence-corrected chi connectivity index (χ0v) is 15.5. The maximum Gasteiger partial charge on any atom is 0.144 e. The summed E-state index contributed by atoms with van der Waals surface area (Å²) in [5, 5.41) is 3.59. The van der Waals surface area contributed by atoms with Crippen molar-refractivity contribution in [2.45, 2.75) is 32.7 Å². The molecule has 4 heteroatoms. The average Bonchev–Trinajstić information content (AvgIpc) is 2.77. The van der Waals surface area contributed by atoms with E-state index in [4.69, 9.17) is 9.73 Å². The number of carbonyl (C=O) groups is 1. The number of benzene rings is 2. The first-order chi connectivity index (χ1) is 12.5. The van der Waals surface area contributed by atoms with Crippen LogP contribution in [0.25, 0.3) is 0 Å². The Labute approximate surface area is 154 Å². The van der Waals surface area contributed by atoms with Crippen molar-refractivity contribution in [1.29, 1.82) is 0 Å². The number of ketones is 1.